The standard InChI is InChI=1S/C20H15ClF6N2O5/c1-33-16(31)18(17(32)34-2,15-12(21)7-9(8-29-15)19(22,23)24)14(28)13(30)10-5-3-4-6-11(10)20(25,26)27/h3-8,14H,28H2,1-2H3. The number of hydrogen-bond acceptors (Lipinski definition) is 7. The van der Waals surface area contributed by atoms with Gasteiger partial charge in [0.05, 0.1) is 36.1 Å². The third-order valence-corrected chi connectivity index (χ3v) is 5.09. The lowest BCUT2D eigenvalue weighted by atomic mass is 9.73. The zero-order chi connectivity index (χ0) is 26.1. The van der Waals surface area contributed by atoms with Gasteiger partial charge in [0, 0.05) is 11.8 Å². The molecule has 0 aliphatic carbocycles. The van der Waals surface area contributed by atoms with E-state index in [9.17, 15) is 40.7 Å². The number of esters is 2. The van der Waals surface area contributed by atoms with Gasteiger partial charge in [-0.3, -0.25) is 19.4 Å². The van der Waals surface area contributed by atoms with E-state index in [1.165, 1.54) is 0 Å². The van der Waals surface area contributed by atoms with Crippen LogP contribution in [0.5, 0.6) is 0 Å². The number of nitrogens with two attached hydrogens (primary N) is 1. The van der Waals surface area contributed by atoms with Crippen LogP contribution in [-0.4, -0.2) is 43.0 Å². The molecule has 1 heterocycles. The molecule has 0 fully saturated rings. The average Bonchev–Trinajstić information content (AvgIpc) is 2.77. The van der Waals surface area contributed by atoms with E-state index in [1.54, 1.807) is 0 Å². The van der Waals surface area contributed by atoms with Crippen molar-refractivity contribution in [3.8, 4) is 0 Å². The molecule has 2 aromatic rings. The van der Waals surface area contributed by atoms with Gasteiger partial charge in [0.15, 0.2) is 5.78 Å². The molecule has 2 rings (SSSR count). The molecule has 0 saturated carbocycles. The number of Topliss-reactive ketones (excluding diaryl/α,β-unsaturated/α-hetero) is 1. The predicted octanol–water partition coefficient (Wildman–Crippen LogP) is 3.57. The number of alkyl halides is 6. The van der Waals surface area contributed by atoms with Crippen molar-refractivity contribution in [3.63, 3.8) is 0 Å². The molecule has 1 atom stereocenters. The van der Waals surface area contributed by atoms with Gasteiger partial charge in [-0.05, 0) is 12.1 Å². The molecule has 0 spiro atoms. The van der Waals surface area contributed by atoms with Crippen LogP contribution >= 0.6 is 11.6 Å². The molecule has 14 heteroatoms. The van der Waals surface area contributed by atoms with Gasteiger partial charge in [0.25, 0.3) is 0 Å². The number of pyridine rings is 1. The van der Waals surface area contributed by atoms with Crippen molar-refractivity contribution >= 4 is 29.3 Å². The predicted molar refractivity (Wildman–Crippen MR) is 104 cm³/mol. The van der Waals surface area contributed by atoms with Gasteiger partial charge in [0.1, 0.15) is 6.04 Å². The van der Waals surface area contributed by atoms with Crippen molar-refractivity contribution in [2.45, 2.75) is 23.8 Å². The SMILES string of the molecule is COC(=O)C(C(=O)OC)(c1ncc(C(F)(F)F)cc1Cl)C(N)C(=O)c1ccccc1C(F)(F)F. The summed E-state index contributed by atoms with van der Waals surface area (Å²) in [6.07, 6.45) is -9.77. The summed E-state index contributed by atoms with van der Waals surface area (Å²) in [7, 11) is 1.47. The minimum absolute atomic E-state index is 0.197. The van der Waals surface area contributed by atoms with Crippen molar-refractivity contribution in [1.29, 1.82) is 0 Å². The quantitative estimate of drug-likeness (QED) is 0.273. The highest BCUT2D eigenvalue weighted by Gasteiger charge is 2.60. The summed E-state index contributed by atoms with van der Waals surface area (Å²) in [5, 5.41) is -0.946. The number of methoxy groups -OCH3 is 2. The Morgan fingerprint density at radius 1 is 0.971 bits per heavy atom. The summed E-state index contributed by atoms with van der Waals surface area (Å²) in [6.45, 7) is 0. The number of benzene rings is 1. The van der Waals surface area contributed by atoms with Gasteiger partial charge >= 0.3 is 24.3 Å². The van der Waals surface area contributed by atoms with Crippen LogP contribution in [0.1, 0.15) is 27.2 Å². The van der Waals surface area contributed by atoms with E-state index in [2.05, 4.69) is 14.5 Å². The number of nitrogens with zero attached hydrogens (tertiary/aromatic N) is 1. The highest BCUT2D eigenvalue weighted by atomic mass is 35.5. The lowest BCUT2D eigenvalue weighted by Gasteiger charge is -2.33. The maximum Gasteiger partial charge on any atom is 0.417 e. The maximum absolute atomic E-state index is 13.4. The number of carbonyl (C=O) groups is 3. The van der Waals surface area contributed by atoms with Crippen molar-refractivity contribution in [2.24, 2.45) is 5.73 Å². The second-order valence-electron chi connectivity index (χ2n) is 6.73. The van der Waals surface area contributed by atoms with Crippen LogP contribution in [0.2, 0.25) is 5.02 Å². The summed E-state index contributed by atoms with van der Waals surface area (Å²) in [5.41, 5.74) is -2.10. The van der Waals surface area contributed by atoms with Gasteiger partial charge in [0.2, 0.25) is 5.41 Å². The zero-order valence-corrected chi connectivity index (χ0v) is 18.0. The summed E-state index contributed by atoms with van der Waals surface area (Å²) < 4.78 is 88.5. The molecule has 1 aromatic heterocycles. The van der Waals surface area contributed by atoms with E-state index >= 15 is 0 Å². The fraction of sp³-hybridized carbons (Fsp3) is 0.300. The van der Waals surface area contributed by atoms with Gasteiger partial charge in [-0.25, -0.2) is 0 Å². The molecule has 184 valence electrons. The summed E-state index contributed by atoms with van der Waals surface area (Å²) in [5.74, 6) is -4.89. The molecule has 0 radical (unpaired) electrons. The Hall–Kier alpha value is -3.19. The first-order valence-electron chi connectivity index (χ1n) is 9.00. The largest absolute Gasteiger partial charge is 0.468 e. The van der Waals surface area contributed by atoms with Crippen LogP contribution in [0, 0.1) is 0 Å². The Morgan fingerprint density at radius 2 is 1.50 bits per heavy atom. The summed E-state index contributed by atoms with van der Waals surface area (Å²) in [4.78, 5) is 42.2. The smallest absolute Gasteiger partial charge is 0.417 e. The topological polar surface area (TPSA) is 109 Å². The molecule has 1 unspecified atom stereocenters. The molecule has 0 saturated heterocycles. The number of ketones is 1. The van der Waals surface area contributed by atoms with Crippen LogP contribution in [0.4, 0.5) is 26.3 Å². The van der Waals surface area contributed by atoms with Crippen LogP contribution in [0.3, 0.4) is 0 Å². The number of halogens is 7. The van der Waals surface area contributed by atoms with Crippen LogP contribution < -0.4 is 5.73 Å². The average molecular weight is 513 g/mol. The molecule has 2 N–H and O–H groups in total. The van der Waals surface area contributed by atoms with E-state index in [0.29, 0.717) is 12.1 Å². The highest BCUT2D eigenvalue weighted by molar-refractivity contribution is 6.32. The first kappa shape index (κ1) is 27.1. The molecule has 0 amide bonds. The van der Waals surface area contributed by atoms with Gasteiger partial charge in [-0.15, -0.1) is 0 Å². The molecule has 0 aliphatic heterocycles. The van der Waals surface area contributed by atoms with E-state index in [0.717, 1.165) is 32.4 Å². The summed E-state index contributed by atoms with van der Waals surface area (Å²) >= 11 is 5.90. The molecule has 7 nitrogen and oxygen atoms in total. The van der Waals surface area contributed by atoms with Crippen LogP contribution in [-0.2, 0) is 36.8 Å². The van der Waals surface area contributed by atoms with Crippen molar-refractivity contribution in [3.05, 3.63) is 63.9 Å². The Bertz CT molecular complexity index is 1100. The number of rotatable bonds is 6. The van der Waals surface area contributed by atoms with Gasteiger partial charge < -0.3 is 15.2 Å². The first-order valence-corrected chi connectivity index (χ1v) is 9.37. The highest BCUT2D eigenvalue weighted by Crippen LogP contribution is 2.40. The normalized spacial score (nSPS) is 13.2. The number of hydrogen-bond donors (Lipinski definition) is 1. The second kappa shape index (κ2) is 9.58. The van der Waals surface area contributed by atoms with Crippen molar-refractivity contribution in [1.82, 2.24) is 4.98 Å². The van der Waals surface area contributed by atoms with Crippen molar-refractivity contribution in [2.75, 3.05) is 14.2 Å². The lowest BCUT2D eigenvalue weighted by molar-refractivity contribution is -0.163. The first-order chi connectivity index (χ1) is 15.6. The Kier molecular flexibility index (Phi) is 7.63. The van der Waals surface area contributed by atoms with Gasteiger partial charge in [-0.2, -0.15) is 26.3 Å². The van der Waals surface area contributed by atoms with E-state index in [1.807, 2.05) is 0 Å². The van der Waals surface area contributed by atoms with E-state index in [-0.39, 0.29) is 6.20 Å². The van der Waals surface area contributed by atoms with Crippen LogP contribution in [0.15, 0.2) is 36.5 Å². The Labute approximate surface area is 192 Å². The third kappa shape index (κ3) is 4.71. The Balaban J connectivity index is 2.86. The van der Waals surface area contributed by atoms with E-state index in [4.69, 9.17) is 17.3 Å². The number of aromatic nitrogens is 1. The molecule has 0 bridgehead atoms. The number of ether oxygens (including phenoxy) is 2. The summed E-state index contributed by atoms with van der Waals surface area (Å²) in [6, 6.07) is 1.14. The zero-order valence-electron chi connectivity index (χ0n) is 17.3. The minimum atomic E-state index is -5.03. The van der Waals surface area contributed by atoms with Crippen LogP contribution in [0.25, 0.3) is 0 Å². The fourth-order valence-corrected chi connectivity index (χ4v) is 3.51. The lowest BCUT2D eigenvalue weighted by Crippen LogP contribution is -2.61. The molecule has 1 aromatic carbocycles. The Morgan fingerprint density at radius 3 is 1.94 bits per heavy atom. The maximum atomic E-state index is 13.4. The second-order valence-corrected chi connectivity index (χ2v) is 7.14. The molecule has 0 aliphatic rings. The molecule has 34 heavy (non-hydrogen) atoms. The monoisotopic (exact) mass is 512 g/mol. The third-order valence-electron chi connectivity index (χ3n) is 4.80. The number of carbonyl (C=O) groups excluding carboxylic acids is 3. The van der Waals surface area contributed by atoms with Gasteiger partial charge in [-0.1, -0.05) is 29.8 Å². The van der Waals surface area contributed by atoms with Crippen molar-refractivity contribution < 1.29 is 50.2 Å². The molecular weight excluding hydrogens is 498 g/mol. The molecular formula is C20H15ClF6N2O5. The minimum Gasteiger partial charge on any atom is -0.468 e. The fourth-order valence-electron chi connectivity index (χ4n) is 3.19. The van der Waals surface area contributed by atoms with E-state index < -0.39 is 68.9 Å².